The molecule has 2 atom stereocenters. The van der Waals surface area contributed by atoms with Crippen molar-refractivity contribution < 1.29 is 24.2 Å². The molecule has 1 aromatic rings. The van der Waals surface area contributed by atoms with Gasteiger partial charge in [-0.2, -0.15) is 0 Å². The van der Waals surface area contributed by atoms with Gasteiger partial charge in [0, 0.05) is 13.1 Å². The quantitative estimate of drug-likeness (QED) is 0.863. The predicted molar refractivity (Wildman–Crippen MR) is 87.1 cm³/mol. The van der Waals surface area contributed by atoms with Gasteiger partial charge in [-0.25, -0.2) is 0 Å². The van der Waals surface area contributed by atoms with Gasteiger partial charge in [0.15, 0.2) is 11.5 Å². The van der Waals surface area contributed by atoms with Crippen molar-refractivity contribution in [1.29, 1.82) is 0 Å². The zero-order valence-corrected chi connectivity index (χ0v) is 14.1. The zero-order valence-electron chi connectivity index (χ0n) is 14.1. The largest absolute Gasteiger partial charge is 0.490 e. The van der Waals surface area contributed by atoms with E-state index in [0.29, 0.717) is 38.5 Å². The normalized spacial score (nSPS) is 21.8. The number of carbonyl (C=O) groups is 2. The third kappa shape index (κ3) is 3.18. The molecule has 6 nitrogen and oxygen atoms in total. The molecule has 0 radical (unpaired) electrons. The fourth-order valence-electron chi connectivity index (χ4n) is 3.26. The molecule has 0 aromatic heterocycles. The average molecular weight is 333 g/mol. The molecule has 1 saturated carbocycles. The number of amides is 1. The van der Waals surface area contributed by atoms with Crippen molar-refractivity contribution in [2.75, 3.05) is 19.8 Å². The smallest absolute Gasteiger partial charge is 0.307 e. The molecule has 1 heterocycles. The van der Waals surface area contributed by atoms with E-state index in [4.69, 9.17) is 14.6 Å². The Kier molecular flexibility index (Phi) is 4.64. The average Bonchev–Trinajstić information content (AvgIpc) is 3.35. The topological polar surface area (TPSA) is 76.1 Å². The van der Waals surface area contributed by atoms with Gasteiger partial charge in [0.1, 0.15) is 0 Å². The maximum absolute atomic E-state index is 12.5. The summed E-state index contributed by atoms with van der Waals surface area (Å²) in [6.07, 6.45) is 1.21. The zero-order chi connectivity index (χ0) is 17.3. The molecule has 1 aliphatic heterocycles. The number of benzene rings is 1. The Balaban J connectivity index is 1.76. The molecule has 0 spiro atoms. The highest BCUT2D eigenvalue weighted by atomic mass is 16.5. The van der Waals surface area contributed by atoms with E-state index in [2.05, 4.69) is 0 Å². The Morgan fingerprint density at radius 1 is 1.12 bits per heavy atom. The molecule has 2 aliphatic rings. The Labute approximate surface area is 141 Å². The molecular formula is C18H23NO5. The second kappa shape index (κ2) is 6.71. The fourth-order valence-corrected chi connectivity index (χ4v) is 3.26. The molecule has 1 fully saturated rings. The van der Waals surface area contributed by atoms with E-state index in [0.717, 1.165) is 23.3 Å². The summed E-state index contributed by atoms with van der Waals surface area (Å²) in [5.74, 6) is -0.324. The summed E-state index contributed by atoms with van der Waals surface area (Å²) in [7, 11) is 0. The first-order valence-corrected chi connectivity index (χ1v) is 8.48. The van der Waals surface area contributed by atoms with E-state index in [1.807, 2.05) is 26.0 Å². The van der Waals surface area contributed by atoms with Crippen LogP contribution in [0.25, 0.3) is 0 Å². The molecule has 1 amide bonds. The maximum Gasteiger partial charge on any atom is 0.307 e. The fraction of sp³-hybridized carbons (Fsp3) is 0.556. The Bertz CT molecular complexity index is 657. The molecular weight excluding hydrogens is 310 g/mol. The highest BCUT2D eigenvalue weighted by Gasteiger charge is 2.50. The molecule has 0 bridgehead atoms. The van der Waals surface area contributed by atoms with Gasteiger partial charge in [-0.1, -0.05) is 0 Å². The van der Waals surface area contributed by atoms with E-state index < -0.39 is 11.9 Å². The Hall–Kier alpha value is -2.24. The lowest BCUT2D eigenvalue weighted by atomic mass is 9.98. The van der Waals surface area contributed by atoms with Gasteiger partial charge in [0.2, 0.25) is 5.91 Å². The molecule has 1 N–H and O–H groups in total. The van der Waals surface area contributed by atoms with Gasteiger partial charge in [-0.15, -0.1) is 0 Å². The minimum Gasteiger partial charge on any atom is -0.490 e. The van der Waals surface area contributed by atoms with Crippen molar-refractivity contribution in [2.45, 2.75) is 33.2 Å². The van der Waals surface area contributed by atoms with Crippen LogP contribution in [0.2, 0.25) is 0 Å². The van der Waals surface area contributed by atoms with Crippen molar-refractivity contribution >= 4 is 11.9 Å². The van der Waals surface area contributed by atoms with Crippen LogP contribution in [0.5, 0.6) is 11.5 Å². The summed E-state index contributed by atoms with van der Waals surface area (Å²) in [6, 6.07) is 3.95. The van der Waals surface area contributed by atoms with Gasteiger partial charge in [-0.3, -0.25) is 9.59 Å². The number of ether oxygens (including phenoxy) is 2. The summed E-state index contributed by atoms with van der Waals surface area (Å²) >= 11 is 0. The first kappa shape index (κ1) is 16.6. The number of hydrogen-bond donors (Lipinski definition) is 1. The lowest BCUT2D eigenvalue weighted by Crippen LogP contribution is -2.37. The van der Waals surface area contributed by atoms with E-state index >= 15 is 0 Å². The summed E-state index contributed by atoms with van der Waals surface area (Å²) in [5, 5.41) is 9.00. The second-order valence-electron chi connectivity index (χ2n) is 6.23. The van der Waals surface area contributed by atoms with Gasteiger partial charge in [0.25, 0.3) is 0 Å². The lowest BCUT2D eigenvalue weighted by Gasteiger charge is -2.30. The molecule has 3 rings (SSSR count). The first-order chi connectivity index (χ1) is 11.5. The van der Waals surface area contributed by atoms with Gasteiger partial charge in [0.05, 0.1) is 25.0 Å². The number of hydrogen-bond acceptors (Lipinski definition) is 4. The molecule has 0 saturated heterocycles. The van der Waals surface area contributed by atoms with Crippen molar-refractivity contribution in [3.8, 4) is 11.5 Å². The highest BCUT2D eigenvalue weighted by molar-refractivity contribution is 5.89. The van der Waals surface area contributed by atoms with E-state index in [9.17, 15) is 9.59 Å². The minimum atomic E-state index is -0.870. The molecule has 1 aromatic carbocycles. The van der Waals surface area contributed by atoms with Crippen LogP contribution in [0, 0.1) is 11.8 Å². The van der Waals surface area contributed by atoms with Crippen LogP contribution in [-0.2, 0) is 22.6 Å². The number of aliphatic carboxylic acids is 1. The van der Waals surface area contributed by atoms with Gasteiger partial charge in [-0.05, 0) is 49.9 Å². The third-order valence-electron chi connectivity index (χ3n) is 4.61. The summed E-state index contributed by atoms with van der Waals surface area (Å²) < 4.78 is 11.3. The van der Waals surface area contributed by atoms with Crippen LogP contribution in [0.1, 0.15) is 31.4 Å². The highest BCUT2D eigenvalue weighted by Crippen LogP contribution is 2.41. The SMILES string of the molecule is CCOc1cc2c(cc1OCC)CN(C(=O)C1CC1C(=O)O)CC2. The number of nitrogens with zero attached hydrogens (tertiary/aromatic N) is 1. The molecule has 6 heteroatoms. The van der Waals surface area contributed by atoms with Crippen LogP contribution in [0.3, 0.4) is 0 Å². The third-order valence-corrected chi connectivity index (χ3v) is 4.61. The Morgan fingerprint density at radius 3 is 2.29 bits per heavy atom. The van der Waals surface area contributed by atoms with Crippen LogP contribution in [0.15, 0.2) is 12.1 Å². The number of rotatable bonds is 6. The maximum atomic E-state index is 12.5. The van der Waals surface area contributed by atoms with Crippen LogP contribution in [0.4, 0.5) is 0 Å². The number of carboxylic acids is 1. The van der Waals surface area contributed by atoms with Gasteiger partial charge < -0.3 is 19.5 Å². The van der Waals surface area contributed by atoms with Gasteiger partial charge >= 0.3 is 5.97 Å². The van der Waals surface area contributed by atoms with Crippen molar-refractivity contribution in [1.82, 2.24) is 4.90 Å². The first-order valence-electron chi connectivity index (χ1n) is 8.48. The van der Waals surface area contributed by atoms with E-state index in [1.54, 1.807) is 4.90 Å². The van der Waals surface area contributed by atoms with E-state index in [-0.39, 0.29) is 11.8 Å². The number of fused-ring (bicyclic) bond motifs is 1. The van der Waals surface area contributed by atoms with E-state index in [1.165, 1.54) is 0 Å². The minimum absolute atomic E-state index is 0.0418. The summed E-state index contributed by atoms with van der Waals surface area (Å²) in [4.78, 5) is 25.2. The van der Waals surface area contributed by atoms with Crippen molar-refractivity contribution in [3.63, 3.8) is 0 Å². The second-order valence-corrected chi connectivity index (χ2v) is 6.23. The standard InChI is InChI=1S/C18H23NO5/c1-3-23-15-7-11-5-6-19(10-12(11)8-16(15)24-4-2)17(20)13-9-14(13)18(21)22/h7-8,13-14H,3-6,9-10H2,1-2H3,(H,21,22). The van der Waals surface area contributed by atoms with Crippen molar-refractivity contribution in [2.24, 2.45) is 11.8 Å². The summed E-state index contributed by atoms with van der Waals surface area (Å²) in [5.41, 5.74) is 2.21. The van der Waals surface area contributed by atoms with Crippen LogP contribution in [-0.4, -0.2) is 41.6 Å². The predicted octanol–water partition coefficient (Wildman–Crippen LogP) is 2.09. The summed E-state index contributed by atoms with van der Waals surface area (Å²) in [6.45, 7) is 6.09. The number of carboxylic acid groups (broad SMARTS) is 1. The molecule has 24 heavy (non-hydrogen) atoms. The van der Waals surface area contributed by atoms with Crippen LogP contribution < -0.4 is 9.47 Å². The Morgan fingerprint density at radius 2 is 1.75 bits per heavy atom. The molecule has 2 unspecified atom stereocenters. The molecule has 1 aliphatic carbocycles. The number of carbonyl (C=O) groups excluding carboxylic acids is 1. The van der Waals surface area contributed by atoms with Crippen LogP contribution >= 0.6 is 0 Å². The molecule has 130 valence electrons. The lowest BCUT2D eigenvalue weighted by molar-refractivity contribution is -0.142. The monoisotopic (exact) mass is 333 g/mol. The van der Waals surface area contributed by atoms with Crippen molar-refractivity contribution in [3.05, 3.63) is 23.3 Å².